The molecule has 3 aromatic rings. The van der Waals surface area contributed by atoms with Crippen LogP contribution >= 0.6 is 0 Å². The van der Waals surface area contributed by atoms with Crippen molar-refractivity contribution in [3.8, 4) is 22.3 Å². The van der Waals surface area contributed by atoms with Gasteiger partial charge in [0.25, 0.3) is 0 Å². The molecule has 0 spiro atoms. The first-order valence-electron chi connectivity index (χ1n) is 13.0. The normalized spacial score (nSPS) is 18.0. The predicted molar refractivity (Wildman–Crippen MR) is 152 cm³/mol. The van der Waals surface area contributed by atoms with Gasteiger partial charge in [-0.15, -0.1) is 0 Å². The van der Waals surface area contributed by atoms with Gasteiger partial charge in [-0.25, -0.2) is 0 Å². The van der Waals surface area contributed by atoms with Crippen molar-refractivity contribution in [2.45, 2.75) is 94.9 Å². The van der Waals surface area contributed by atoms with Gasteiger partial charge in [-0.2, -0.15) is 0 Å². The molecular formula is C34H46. The van der Waals surface area contributed by atoms with Crippen molar-refractivity contribution in [2.75, 3.05) is 0 Å². The van der Waals surface area contributed by atoms with Crippen molar-refractivity contribution in [3.05, 3.63) is 80.9 Å². The van der Waals surface area contributed by atoms with Crippen LogP contribution in [0.15, 0.2) is 36.4 Å². The standard InChI is InChI=1S/C33H42.CH4/c1-20-9-12-28(13-10-20)19-29-14-16-31(25(6)23(29)4)33-18-17-32(26(7)27(33)8)30-15-11-21(2)22(3)24(30)5;/h11,14-18,20,28H,9-10,12-13,19H2,1-8H3;1H4. The summed E-state index contributed by atoms with van der Waals surface area (Å²) in [4.78, 5) is 0. The Morgan fingerprint density at radius 3 is 1.47 bits per heavy atom. The van der Waals surface area contributed by atoms with Gasteiger partial charge in [-0.1, -0.05) is 63.6 Å². The van der Waals surface area contributed by atoms with Gasteiger partial charge in [-0.3, -0.25) is 0 Å². The smallest absolute Gasteiger partial charge is 0.0149 e. The second-order valence-electron chi connectivity index (χ2n) is 10.9. The fourth-order valence-corrected chi connectivity index (χ4v) is 5.89. The highest BCUT2D eigenvalue weighted by atomic mass is 14.3. The monoisotopic (exact) mass is 454 g/mol. The number of benzene rings is 3. The SMILES string of the molecule is C.Cc1ccc(-c2ccc(-c3ccc(CC4CCC(C)CC4)c(C)c3C)c(C)c2C)c(C)c1C. The zero-order chi connectivity index (χ0) is 23.9. The molecule has 0 aromatic heterocycles. The maximum atomic E-state index is 2.42. The van der Waals surface area contributed by atoms with E-state index in [0.29, 0.717) is 0 Å². The van der Waals surface area contributed by atoms with Crippen LogP contribution in [0.1, 0.15) is 84.5 Å². The zero-order valence-corrected chi connectivity index (χ0v) is 22.2. The molecule has 0 N–H and O–H groups in total. The maximum Gasteiger partial charge on any atom is -0.0149 e. The third kappa shape index (κ3) is 4.88. The Morgan fingerprint density at radius 2 is 0.941 bits per heavy atom. The molecule has 0 bridgehead atoms. The van der Waals surface area contributed by atoms with Gasteiger partial charge in [-0.05, 0) is 146 Å². The molecule has 34 heavy (non-hydrogen) atoms. The quantitative estimate of drug-likeness (QED) is 0.368. The molecule has 0 atom stereocenters. The third-order valence-corrected chi connectivity index (χ3v) is 8.97. The fraction of sp³-hybridized carbons (Fsp3) is 0.471. The Balaban J connectivity index is 0.00000324. The lowest BCUT2D eigenvalue weighted by Gasteiger charge is -2.27. The van der Waals surface area contributed by atoms with E-state index in [1.54, 1.807) is 5.56 Å². The molecule has 0 unspecified atom stereocenters. The Morgan fingerprint density at radius 1 is 0.529 bits per heavy atom. The Kier molecular flexibility index (Phi) is 8.12. The van der Waals surface area contributed by atoms with E-state index >= 15 is 0 Å². The lowest BCUT2D eigenvalue weighted by atomic mass is 9.78. The van der Waals surface area contributed by atoms with Gasteiger partial charge in [0.1, 0.15) is 0 Å². The Labute approximate surface area is 209 Å². The maximum absolute atomic E-state index is 2.42. The van der Waals surface area contributed by atoms with Crippen LogP contribution < -0.4 is 0 Å². The highest BCUT2D eigenvalue weighted by Gasteiger charge is 2.20. The van der Waals surface area contributed by atoms with Crippen molar-refractivity contribution < 1.29 is 0 Å². The number of rotatable bonds is 4. The fourth-order valence-electron chi connectivity index (χ4n) is 5.89. The van der Waals surface area contributed by atoms with E-state index in [-0.39, 0.29) is 7.43 Å². The van der Waals surface area contributed by atoms with Gasteiger partial charge in [0.05, 0.1) is 0 Å². The van der Waals surface area contributed by atoms with E-state index in [1.165, 1.54) is 93.3 Å². The summed E-state index contributed by atoms with van der Waals surface area (Å²) in [6, 6.07) is 14.1. The zero-order valence-electron chi connectivity index (χ0n) is 22.2. The summed E-state index contributed by atoms with van der Waals surface area (Å²) in [5, 5.41) is 0. The number of hydrogen-bond acceptors (Lipinski definition) is 0. The molecule has 182 valence electrons. The lowest BCUT2D eigenvalue weighted by molar-refractivity contribution is 0.288. The highest BCUT2D eigenvalue weighted by molar-refractivity contribution is 5.80. The van der Waals surface area contributed by atoms with Crippen LogP contribution in [-0.2, 0) is 6.42 Å². The van der Waals surface area contributed by atoms with E-state index < -0.39 is 0 Å². The molecule has 0 aliphatic heterocycles. The van der Waals surface area contributed by atoms with Gasteiger partial charge in [0, 0.05) is 0 Å². The number of hydrogen-bond donors (Lipinski definition) is 0. The second-order valence-corrected chi connectivity index (χ2v) is 10.9. The summed E-state index contributed by atoms with van der Waals surface area (Å²) in [6.07, 6.45) is 6.87. The molecule has 0 heteroatoms. The van der Waals surface area contributed by atoms with E-state index in [2.05, 4.69) is 91.8 Å². The molecule has 1 saturated carbocycles. The average Bonchev–Trinajstić information content (AvgIpc) is 2.80. The van der Waals surface area contributed by atoms with E-state index in [1.807, 2.05) is 0 Å². The van der Waals surface area contributed by atoms with Gasteiger partial charge < -0.3 is 0 Å². The van der Waals surface area contributed by atoms with Crippen molar-refractivity contribution in [1.82, 2.24) is 0 Å². The summed E-state index contributed by atoms with van der Waals surface area (Å²) in [7, 11) is 0. The molecule has 0 saturated heterocycles. The first-order valence-corrected chi connectivity index (χ1v) is 13.0. The summed E-state index contributed by atoms with van der Waals surface area (Å²) >= 11 is 0. The van der Waals surface area contributed by atoms with Crippen LogP contribution in [0.3, 0.4) is 0 Å². The van der Waals surface area contributed by atoms with Gasteiger partial charge in [0.15, 0.2) is 0 Å². The molecular weight excluding hydrogens is 408 g/mol. The van der Waals surface area contributed by atoms with E-state index in [0.717, 1.165) is 11.8 Å². The summed E-state index contributed by atoms with van der Waals surface area (Å²) in [5.74, 6) is 1.79. The first-order chi connectivity index (χ1) is 15.7. The molecule has 0 radical (unpaired) electrons. The van der Waals surface area contributed by atoms with Crippen molar-refractivity contribution >= 4 is 0 Å². The summed E-state index contributed by atoms with van der Waals surface area (Å²) in [5.41, 5.74) is 17.0. The Bertz CT molecular complexity index is 1170. The molecule has 1 fully saturated rings. The summed E-state index contributed by atoms with van der Waals surface area (Å²) in [6.45, 7) is 18.4. The average molecular weight is 455 g/mol. The third-order valence-electron chi connectivity index (χ3n) is 8.97. The second kappa shape index (κ2) is 10.5. The molecule has 4 rings (SSSR count). The minimum Gasteiger partial charge on any atom is -0.0776 e. The van der Waals surface area contributed by atoms with Crippen LogP contribution in [0.4, 0.5) is 0 Å². The van der Waals surface area contributed by atoms with Crippen molar-refractivity contribution in [1.29, 1.82) is 0 Å². The van der Waals surface area contributed by atoms with Crippen LogP contribution in [0.25, 0.3) is 22.3 Å². The van der Waals surface area contributed by atoms with Gasteiger partial charge in [0.2, 0.25) is 0 Å². The number of aryl methyl sites for hydroxylation is 1. The topological polar surface area (TPSA) is 0 Å². The molecule has 0 heterocycles. The predicted octanol–water partition coefficient (Wildman–Crippen LogP) is 10.2. The van der Waals surface area contributed by atoms with Gasteiger partial charge >= 0.3 is 0 Å². The van der Waals surface area contributed by atoms with Crippen LogP contribution in [0.5, 0.6) is 0 Å². The molecule has 1 aliphatic rings. The van der Waals surface area contributed by atoms with E-state index in [9.17, 15) is 0 Å². The minimum atomic E-state index is 0. The Hall–Kier alpha value is -2.34. The van der Waals surface area contributed by atoms with Crippen LogP contribution in [0.2, 0.25) is 0 Å². The highest BCUT2D eigenvalue weighted by Crippen LogP contribution is 2.38. The van der Waals surface area contributed by atoms with Crippen molar-refractivity contribution in [2.24, 2.45) is 11.8 Å². The molecule has 0 amide bonds. The molecule has 1 aliphatic carbocycles. The largest absolute Gasteiger partial charge is 0.0776 e. The minimum absolute atomic E-state index is 0. The van der Waals surface area contributed by atoms with Crippen molar-refractivity contribution in [3.63, 3.8) is 0 Å². The molecule has 3 aromatic carbocycles. The van der Waals surface area contributed by atoms with E-state index in [4.69, 9.17) is 0 Å². The van der Waals surface area contributed by atoms with Crippen LogP contribution in [-0.4, -0.2) is 0 Å². The first kappa shape index (κ1) is 26.3. The molecule has 0 nitrogen and oxygen atoms in total. The van der Waals surface area contributed by atoms with Crippen LogP contribution in [0, 0.1) is 60.3 Å². The summed E-state index contributed by atoms with van der Waals surface area (Å²) < 4.78 is 0. The lowest BCUT2D eigenvalue weighted by Crippen LogP contribution is -2.15.